The van der Waals surface area contributed by atoms with Crippen LogP contribution in [0.1, 0.15) is 52.9 Å². The first-order valence-electron chi connectivity index (χ1n) is 7.80. The normalized spacial score (nSPS) is 23.3. The lowest BCUT2D eigenvalue weighted by molar-refractivity contribution is -0.120. The quantitative estimate of drug-likeness (QED) is 0.740. The van der Waals surface area contributed by atoms with E-state index in [0.29, 0.717) is 6.04 Å². The predicted molar refractivity (Wildman–Crippen MR) is 79.9 cm³/mol. The summed E-state index contributed by atoms with van der Waals surface area (Å²) in [5.41, 5.74) is 5.46. The van der Waals surface area contributed by atoms with E-state index in [2.05, 4.69) is 17.1 Å². The molecule has 1 aliphatic heterocycles. The first-order valence-corrected chi connectivity index (χ1v) is 7.80. The average Bonchev–Trinajstić information content (AvgIpc) is 2.58. The number of carbonyl (C=O) groups excluding carboxylic acids is 1. The number of nitrogens with zero attached hydrogens (tertiary/aromatic N) is 1. The summed E-state index contributed by atoms with van der Waals surface area (Å²) in [6.45, 7) is 9.70. The number of hydrogen-bond donors (Lipinski definition) is 2. The van der Waals surface area contributed by atoms with Gasteiger partial charge in [0.1, 0.15) is 0 Å². The summed E-state index contributed by atoms with van der Waals surface area (Å²) < 4.78 is 0. The number of nitrogens with one attached hydrogen (secondary N) is 1. The van der Waals surface area contributed by atoms with Gasteiger partial charge >= 0.3 is 0 Å². The zero-order chi connectivity index (χ0) is 14.3. The summed E-state index contributed by atoms with van der Waals surface area (Å²) in [7, 11) is 0. The van der Waals surface area contributed by atoms with Crippen LogP contribution in [0.25, 0.3) is 0 Å². The SMILES string of the molecule is CCC1CCCN(CCC(NC(C)C)C(N)=O)CC1. The Bertz CT molecular complexity index is 268. The van der Waals surface area contributed by atoms with E-state index < -0.39 is 0 Å². The Morgan fingerprint density at radius 1 is 1.37 bits per heavy atom. The molecule has 1 heterocycles. The molecule has 0 aromatic rings. The molecule has 4 heteroatoms. The summed E-state index contributed by atoms with van der Waals surface area (Å²) >= 11 is 0. The molecule has 0 aliphatic carbocycles. The second-order valence-electron chi connectivity index (χ2n) is 6.11. The van der Waals surface area contributed by atoms with Crippen LogP contribution in [-0.2, 0) is 4.79 Å². The monoisotopic (exact) mass is 269 g/mol. The molecule has 3 N–H and O–H groups in total. The van der Waals surface area contributed by atoms with Gasteiger partial charge in [0.25, 0.3) is 0 Å². The molecule has 4 nitrogen and oxygen atoms in total. The minimum Gasteiger partial charge on any atom is -0.368 e. The smallest absolute Gasteiger partial charge is 0.234 e. The zero-order valence-electron chi connectivity index (χ0n) is 12.8. The van der Waals surface area contributed by atoms with Gasteiger partial charge in [0.2, 0.25) is 5.91 Å². The van der Waals surface area contributed by atoms with Gasteiger partial charge in [0.05, 0.1) is 6.04 Å². The maximum absolute atomic E-state index is 11.4. The summed E-state index contributed by atoms with van der Waals surface area (Å²) in [5.74, 6) is 0.667. The molecule has 1 aliphatic rings. The largest absolute Gasteiger partial charge is 0.368 e. The second kappa shape index (κ2) is 8.54. The Morgan fingerprint density at radius 3 is 2.68 bits per heavy atom. The molecule has 19 heavy (non-hydrogen) atoms. The lowest BCUT2D eigenvalue weighted by Gasteiger charge is -2.24. The number of hydrogen-bond acceptors (Lipinski definition) is 3. The van der Waals surface area contributed by atoms with Crippen LogP contribution in [0.2, 0.25) is 0 Å². The third-order valence-corrected chi connectivity index (χ3v) is 4.13. The van der Waals surface area contributed by atoms with E-state index in [9.17, 15) is 4.79 Å². The molecule has 0 saturated carbocycles. The van der Waals surface area contributed by atoms with Crippen LogP contribution in [0.5, 0.6) is 0 Å². The Hall–Kier alpha value is -0.610. The van der Waals surface area contributed by atoms with Crippen LogP contribution >= 0.6 is 0 Å². The molecule has 0 aromatic carbocycles. The molecule has 2 unspecified atom stereocenters. The summed E-state index contributed by atoms with van der Waals surface area (Å²) in [6.07, 6.45) is 6.07. The minimum atomic E-state index is -0.227. The molecule has 2 atom stereocenters. The van der Waals surface area contributed by atoms with E-state index in [1.165, 1.54) is 38.8 Å². The van der Waals surface area contributed by atoms with Gasteiger partial charge in [-0.3, -0.25) is 4.79 Å². The third kappa shape index (κ3) is 6.39. The molecule has 1 rings (SSSR count). The molecule has 112 valence electrons. The van der Waals surface area contributed by atoms with Gasteiger partial charge in [0, 0.05) is 12.6 Å². The van der Waals surface area contributed by atoms with E-state index >= 15 is 0 Å². The molecule has 0 spiro atoms. The van der Waals surface area contributed by atoms with Gasteiger partial charge in [0.15, 0.2) is 0 Å². The number of likely N-dealkylation sites (tertiary alicyclic amines) is 1. The first-order chi connectivity index (χ1) is 9.02. The average molecular weight is 269 g/mol. The predicted octanol–water partition coefficient (Wildman–Crippen LogP) is 1.74. The molecule has 0 radical (unpaired) electrons. The van der Waals surface area contributed by atoms with Crippen molar-refractivity contribution in [3.05, 3.63) is 0 Å². The fourth-order valence-electron chi connectivity index (χ4n) is 2.88. The highest BCUT2D eigenvalue weighted by atomic mass is 16.1. The number of nitrogens with two attached hydrogens (primary N) is 1. The van der Waals surface area contributed by atoms with Gasteiger partial charge in [-0.05, 0) is 44.7 Å². The van der Waals surface area contributed by atoms with Crippen LogP contribution in [0, 0.1) is 5.92 Å². The molecule has 1 fully saturated rings. The van der Waals surface area contributed by atoms with Crippen LogP contribution in [0.4, 0.5) is 0 Å². The topological polar surface area (TPSA) is 58.4 Å². The van der Waals surface area contributed by atoms with Crippen molar-refractivity contribution in [2.45, 2.75) is 65.0 Å². The number of carbonyl (C=O) groups is 1. The van der Waals surface area contributed by atoms with Crippen LogP contribution in [-0.4, -0.2) is 42.5 Å². The van der Waals surface area contributed by atoms with Crippen molar-refractivity contribution in [2.24, 2.45) is 11.7 Å². The molecular formula is C15H31N3O. The van der Waals surface area contributed by atoms with E-state index in [-0.39, 0.29) is 11.9 Å². The second-order valence-corrected chi connectivity index (χ2v) is 6.11. The van der Waals surface area contributed by atoms with Crippen LogP contribution in [0.3, 0.4) is 0 Å². The zero-order valence-corrected chi connectivity index (χ0v) is 12.8. The highest BCUT2D eigenvalue weighted by Gasteiger charge is 2.19. The molecule has 1 saturated heterocycles. The van der Waals surface area contributed by atoms with Crippen molar-refractivity contribution in [2.75, 3.05) is 19.6 Å². The highest BCUT2D eigenvalue weighted by Crippen LogP contribution is 2.20. The van der Waals surface area contributed by atoms with Gasteiger partial charge in [-0.1, -0.05) is 27.2 Å². The van der Waals surface area contributed by atoms with E-state index in [4.69, 9.17) is 5.73 Å². The molecular weight excluding hydrogens is 238 g/mol. The van der Waals surface area contributed by atoms with Gasteiger partial charge < -0.3 is 16.0 Å². The third-order valence-electron chi connectivity index (χ3n) is 4.13. The number of primary amides is 1. The lowest BCUT2D eigenvalue weighted by Crippen LogP contribution is -2.46. The van der Waals surface area contributed by atoms with Crippen LogP contribution in [0.15, 0.2) is 0 Å². The highest BCUT2D eigenvalue weighted by molar-refractivity contribution is 5.79. The van der Waals surface area contributed by atoms with Crippen molar-refractivity contribution in [1.29, 1.82) is 0 Å². The Kier molecular flexibility index (Phi) is 7.39. The van der Waals surface area contributed by atoms with Crippen molar-refractivity contribution >= 4 is 5.91 Å². The molecule has 0 bridgehead atoms. The maximum Gasteiger partial charge on any atom is 0.234 e. The van der Waals surface area contributed by atoms with E-state index in [0.717, 1.165) is 18.9 Å². The van der Waals surface area contributed by atoms with E-state index in [1.807, 2.05) is 13.8 Å². The van der Waals surface area contributed by atoms with E-state index in [1.54, 1.807) is 0 Å². The number of amides is 1. The Labute approximate surface area is 118 Å². The maximum atomic E-state index is 11.4. The number of rotatable bonds is 7. The van der Waals surface area contributed by atoms with Gasteiger partial charge in [-0.15, -0.1) is 0 Å². The lowest BCUT2D eigenvalue weighted by atomic mass is 9.98. The van der Waals surface area contributed by atoms with Crippen molar-refractivity contribution < 1.29 is 4.79 Å². The van der Waals surface area contributed by atoms with Gasteiger partial charge in [-0.25, -0.2) is 0 Å². The van der Waals surface area contributed by atoms with Gasteiger partial charge in [-0.2, -0.15) is 0 Å². The van der Waals surface area contributed by atoms with Crippen molar-refractivity contribution in [3.63, 3.8) is 0 Å². The fraction of sp³-hybridized carbons (Fsp3) is 0.933. The standard InChI is InChI=1S/C15H31N3O/c1-4-13-6-5-9-18(10-7-13)11-8-14(15(16)19)17-12(2)3/h12-14,17H,4-11H2,1-3H3,(H2,16,19). The summed E-state index contributed by atoms with van der Waals surface area (Å²) in [4.78, 5) is 13.9. The molecule has 0 aromatic heterocycles. The van der Waals surface area contributed by atoms with Crippen molar-refractivity contribution in [3.8, 4) is 0 Å². The minimum absolute atomic E-state index is 0.190. The Morgan fingerprint density at radius 2 is 2.11 bits per heavy atom. The Balaban J connectivity index is 2.35. The first kappa shape index (κ1) is 16.4. The van der Waals surface area contributed by atoms with Crippen molar-refractivity contribution in [1.82, 2.24) is 10.2 Å². The van der Waals surface area contributed by atoms with Crippen LogP contribution < -0.4 is 11.1 Å². The summed E-state index contributed by atoms with van der Waals surface area (Å²) in [6, 6.07) is 0.108. The summed E-state index contributed by atoms with van der Waals surface area (Å²) in [5, 5.41) is 3.25. The fourth-order valence-corrected chi connectivity index (χ4v) is 2.88. The molecule has 1 amide bonds.